The highest BCUT2D eigenvalue weighted by Gasteiger charge is 2.21. The molecule has 0 amide bonds. The highest BCUT2D eigenvalue weighted by molar-refractivity contribution is 5.51. The summed E-state index contributed by atoms with van der Waals surface area (Å²) in [6.07, 6.45) is 2.51. The number of hydrogen-bond acceptors (Lipinski definition) is 2. The number of rotatable bonds is 4. The highest BCUT2D eigenvalue weighted by Crippen LogP contribution is 2.23. The van der Waals surface area contributed by atoms with Crippen molar-refractivity contribution in [1.82, 2.24) is 5.32 Å². The van der Waals surface area contributed by atoms with Crippen LogP contribution in [-0.2, 0) is 0 Å². The molecule has 1 N–H and O–H groups in total. The van der Waals surface area contributed by atoms with Crippen LogP contribution in [-0.4, -0.2) is 25.2 Å². The van der Waals surface area contributed by atoms with Gasteiger partial charge in [0.2, 0.25) is 0 Å². The lowest BCUT2D eigenvalue weighted by Crippen LogP contribution is -2.46. The summed E-state index contributed by atoms with van der Waals surface area (Å²) in [5.41, 5.74) is 4.14. The molecule has 0 aliphatic carbocycles. The minimum Gasteiger partial charge on any atom is -0.371 e. The predicted octanol–water partition coefficient (Wildman–Crippen LogP) is 3.91. The zero-order valence-electron chi connectivity index (χ0n) is 13.7. The molecule has 0 saturated carbocycles. The largest absolute Gasteiger partial charge is 0.371 e. The highest BCUT2D eigenvalue weighted by atomic mass is 15.1. The standard InChI is InChI=1S/C18H30N2/c1-13(2)16(5)19-17-6-8-20(9-7-17)18-11-14(3)10-15(4)12-18/h10-13,16-17,19H,6-9H2,1-5H3/t16-/m0/s1. The molecule has 1 atom stereocenters. The Balaban J connectivity index is 1.91. The first-order valence-corrected chi connectivity index (χ1v) is 8.05. The number of nitrogens with zero attached hydrogens (tertiary/aromatic N) is 1. The second kappa shape index (κ2) is 6.62. The van der Waals surface area contributed by atoms with E-state index in [1.165, 1.54) is 42.7 Å². The lowest BCUT2D eigenvalue weighted by atomic mass is 9.99. The van der Waals surface area contributed by atoms with Gasteiger partial charge in [0, 0.05) is 30.9 Å². The van der Waals surface area contributed by atoms with Gasteiger partial charge in [0.25, 0.3) is 0 Å². The first-order chi connectivity index (χ1) is 9.45. The fourth-order valence-corrected chi connectivity index (χ4v) is 3.00. The third-order valence-corrected chi connectivity index (χ3v) is 4.57. The lowest BCUT2D eigenvalue weighted by molar-refractivity contribution is 0.331. The third kappa shape index (κ3) is 3.99. The van der Waals surface area contributed by atoms with Crippen LogP contribution in [0, 0.1) is 19.8 Å². The Labute approximate surface area is 124 Å². The fraction of sp³-hybridized carbons (Fsp3) is 0.667. The van der Waals surface area contributed by atoms with Gasteiger partial charge in [-0.3, -0.25) is 0 Å². The number of nitrogens with one attached hydrogen (secondary N) is 1. The van der Waals surface area contributed by atoms with E-state index in [0.717, 1.165) is 0 Å². The van der Waals surface area contributed by atoms with E-state index in [1.807, 2.05) is 0 Å². The fourth-order valence-electron chi connectivity index (χ4n) is 3.00. The first-order valence-electron chi connectivity index (χ1n) is 8.05. The summed E-state index contributed by atoms with van der Waals surface area (Å²) >= 11 is 0. The molecule has 0 aromatic heterocycles. The smallest absolute Gasteiger partial charge is 0.0371 e. The topological polar surface area (TPSA) is 15.3 Å². The Kier molecular flexibility index (Phi) is 5.09. The van der Waals surface area contributed by atoms with Gasteiger partial charge in [-0.05, 0) is 62.8 Å². The molecular weight excluding hydrogens is 244 g/mol. The quantitative estimate of drug-likeness (QED) is 0.895. The summed E-state index contributed by atoms with van der Waals surface area (Å²) in [6.45, 7) is 13.6. The van der Waals surface area contributed by atoms with Crippen LogP contribution in [0.15, 0.2) is 18.2 Å². The van der Waals surface area contributed by atoms with E-state index in [0.29, 0.717) is 18.0 Å². The Morgan fingerprint density at radius 2 is 1.55 bits per heavy atom. The SMILES string of the molecule is Cc1cc(C)cc(N2CCC(N[C@@H](C)C(C)C)CC2)c1. The van der Waals surface area contributed by atoms with Crippen molar-refractivity contribution in [3.8, 4) is 0 Å². The zero-order chi connectivity index (χ0) is 14.7. The molecule has 0 unspecified atom stereocenters. The summed E-state index contributed by atoms with van der Waals surface area (Å²) in [4.78, 5) is 2.54. The Morgan fingerprint density at radius 1 is 1.00 bits per heavy atom. The molecule has 2 nitrogen and oxygen atoms in total. The second-order valence-electron chi connectivity index (χ2n) is 6.81. The molecule has 1 aromatic rings. The number of benzene rings is 1. The van der Waals surface area contributed by atoms with Gasteiger partial charge >= 0.3 is 0 Å². The van der Waals surface area contributed by atoms with Gasteiger partial charge in [-0.25, -0.2) is 0 Å². The van der Waals surface area contributed by atoms with E-state index in [-0.39, 0.29) is 0 Å². The van der Waals surface area contributed by atoms with Crippen LogP contribution in [0.5, 0.6) is 0 Å². The number of hydrogen-bond donors (Lipinski definition) is 1. The van der Waals surface area contributed by atoms with Gasteiger partial charge in [0.15, 0.2) is 0 Å². The van der Waals surface area contributed by atoms with Crippen LogP contribution in [0.4, 0.5) is 5.69 Å². The molecule has 2 rings (SSSR count). The van der Waals surface area contributed by atoms with E-state index in [4.69, 9.17) is 0 Å². The van der Waals surface area contributed by atoms with Gasteiger partial charge in [-0.2, -0.15) is 0 Å². The van der Waals surface area contributed by atoms with E-state index in [9.17, 15) is 0 Å². The van der Waals surface area contributed by atoms with Crippen molar-refractivity contribution in [2.24, 2.45) is 5.92 Å². The van der Waals surface area contributed by atoms with Crippen LogP contribution in [0.2, 0.25) is 0 Å². The molecule has 1 fully saturated rings. The van der Waals surface area contributed by atoms with Crippen molar-refractivity contribution < 1.29 is 0 Å². The summed E-state index contributed by atoms with van der Waals surface area (Å²) in [7, 11) is 0. The van der Waals surface area contributed by atoms with E-state index >= 15 is 0 Å². The maximum Gasteiger partial charge on any atom is 0.0371 e. The van der Waals surface area contributed by atoms with Crippen LogP contribution >= 0.6 is 0 Å². The van der Waals surface area contributed by atoms with Crippen LogP contribution in [0.3, 0.4) is 0 Å². The van der Waals surface area contributed by atoms with Gasteiger partial charge < -0.3 is 10.2 Å². The van der Waals surface area contributed by atoms with Gasteiger partial charge in [0.05, 0.1) is 0 Å². The van der Waals surface area contributed by atoms with Crippen LogP contribution in [0.25, 0.3) is 0 Å². The van der Waals surface area contributed by atoms with E-state index in [1.54, 1.807) is 0 Å². The maximum atomic E-state index is 3.79. The summed E-state index contributed by atoms with van der Waals surface area (Å²) in [5, 5.41) is 3.79. The minimum atomic E-state index is 0.618. The van der Waals surface area contributed by atoms with E-state index < -0.39 is 0 Å². The molecule has 1 aliphatic rings. The van der Waals surface area contributed by atoms with Gasteiger partial charge in [-0.15, -0.1) is 0 Å². The molecule has 0 bridgehead atoms. The predicted molar refractivity (Wildman–Crippen MR) is 88.6 cm³/mol. The van der Waals surface area contributed by atoms with Gasteiger partial charge in [-0.1, -0.05) is 19.9 Å². The molecule has 112 valence electrons. The van der Waals surface area contributed by atoms with Gasteiger partial charge in [0.1, 0.15) is 0 Å². The minimum absolute atomic E-state index is 0.618. The summed E-state index contributed by atoms with van der Waals surface area (Å²) in [5.74, 6) is 0.715. The Morgan fingerprint density at radius 3 is 2.05 bits per heavy atom. The molecule has 0 radical (unpaired) electrons. The van der Waals surface area contributed by atoms with Crippen molar-refractivity contribution in [3.63, 3.8) is 0 Å². The van der Waals surface area contributed by atoms with Crippen molar-refractivity contribution in [3.05, 3.63) is 29.3 Å². The molecule has 1 heterocycles. The second-order valence-corrected chi connectivity index (χ2v) is 6.81. The Hall–Kier alpha value is -1.02. The normalized spacial score (nSPS) is 18.6. The molecule has 0 spiro atoms. The summed E-state index contributed by atoms with van der Waals surface area (Å²) < 4.78 is 0. The van der Waals surface area contributed by atoms with E-state index in [2.05, 4.69) is 63.0 Å². The molecule has 1 aliphatic heterocycles. The summed E-state index contributed by atoms with van der Waals surface area (Å²) in [6, 6.07) is 8.19. The molecular formula is C18H30N2. The molecule has 1 aromatic carbocycles. The van der Waals surface area contributed by atoms with Crippen molar-refractivity contribution in [1.29, 1.82) is 0 Å². The monoisotopic (exact) mass is 274 g/mol. The molecule has 20 heavy (non-hydrogen) atoms. The average molecular weight is 274 g/mol. The number of anilines is 1. The molecule has 1 saturated heterocycles. The third-order valence-electron chi connectivity index (χ3n) is 4.57. The van der Waals surface area contributed by atoms with Crippen molar-refractivity contribution in [2.45, 2.75) is 59.5 Å². The average Bonchev–Trinajstić information content (AvgIpc) is 2.38. The Bertz CT molecular complexity index is 411. The lowest BCUT2D eigenvalue weighted by Gasteiger charge is -2.36. The zero-order valence-corrected chi connectivity index (χ0v) is 13.7. The van der Waals surface area contributed by atoms with Crippen LogP contribution < -0.4 is 10.2 Å². The first kappa shape index (κ1) is 15.4. The van der Waals surface area contributed by atoms with Crippen LogP contribution in [0.1, 0.15) is 44.7 Å². The van der Waals surface area contributed by atoms with Crippen molar-refractivity contribution in [2.75, 3.05) is 18.0 Å². The number of aryl methyl sites for hydroxylation is 2. The maximum absolute atomic E-state index is 3.79. The van der Waals surface area contributed by atoms with Crippen molar-refractivity contribution >= 4 is 5.69 Å². The molecule has 2 heteroatoms. The number of piperidine rings is 1.